The normalized spacial score (nSPS) is 12.7. The summed E-state index contributed by atoms with van der Waals surface area (Å²) in [5.41, 5.74) is 10.5. The van der Waals surface area contributed by atoms with Gasteiger partial charge in [0.1, 0.15) is 11.6 Å². The molecule has 6 aromatic carbocycles. The molecule has 0 unspecified atom stereocenters. The van der Waals surface area contributed by atoms with E-state index in [-0.39, 0.29) is 62.0 Å². The van der Waals surface area contributed by atoms with Crippen LogP contribution in [0.4, 0.5) is 0 Å². The molecule has 0 aliphatic rings. The fourth-order valence-electron chi connectivity index (χ4n) is 6.51. The van der Waals surface area contributed by atoms with Crippen LogP contribution < -0.4 is 0 Å². The van der Waals surface area contributed by atoms with E-state index in [1.807, 2.05) is 54.6 Å². The molecule has 0 aliphatic heterocycles. The minimum atomic E-state index is -0.435. The van der Waals surface area contributed by atoms with Gasteiger partial charge in [0.15, 0.2) is 0 Å². The largest absolute Gasteiger partial charge is 0.507 e. The van der Waals surface area contributed by atoms with Crippen LogP contribution in [0.2, 0.25) is 0 Å². The van der Waals surface area contributed by atoms with Gasteiger partial charge in [0.05, 0.1) is 29.1 Å². The van der Waals surface area contributed by atoms with E-state index < -0.39 is 6.04 Å². The summed E-state index contributed by atoms with van der Waals surface area (Å²) in [5, 5.41) is 11.2. The maximum Gasteiger partial charge on any atom is 0.148 e. The smallest absolute Gasteiger partial charge is 0.148 e. The van der Waals surface area contributed by atoms with Crippen molar-refractivity contribution in [3.63, 3.8) is 0 Å². The first kappa shape index (κ1) is 29.1. The van der Waals surface area contributed by atoms with Crippen LogP contribution in [0.15, 0.2) is 152 Å². The van der Waals surface area contributed by atoms with Gasteiger partial charge in [-0.25, -0.2) is 4.98 Å². The van der Waals surface area contributed by atoms with Gasteiger partial charge < -0.3 is 5.11 Å². The molecule has 4 nitrogen and oxygen atoms in total. The van der Waals surface area contributed by atoms with Gasteiger partial charge in [0, 0.05) is 38.5 Å². The zero-order valence-electron chi connectivity index (χ0n) is 34.2. The molecule has 5 heteroatoms. The van der Waals surface area contributed by atoms with Crippen LogP contribution in [0, 0.1) is 13.0 Å². The molecular weight excluding hydrogens is 818 g/mol. The minimum Gasteiger partial charge on any atom is -0.507 e. The maximum absolute atomic E-state index is 11.2. The molecule has 2 heterocycles. The Hall–Kier alpha value is -5.57. The molecule has 8 aromatic rings. The molecule has 0 saturated carbocycles. The van der Waals surface area contributed by atoms with E-state index in [0.29, 0.717) is 28.2 Å². The van der Waals surface area contributed by atoms with Gasteiger partial charge in [0.25, 0.3) is 0 Å². The van der Waals surface area contributed by atoms with E-state index in [2.05, 4.69) is 74.7 Å². The number of nitrogens with zero attached hydrogens (tertiary/aromatic N) is 3. The zero-order valence-corrected chi connectivity index (χ0v) is 31.4. The van der Waals surface area contributed by atoms with Crippen LogP contribution in [0.5, 0.6) is 5.75 Å². The molecule has 258 valence electrons. The van der Waals surface area contributed by atoms with Crippen molar-refractivity contribution in [2.24, 2.45) is 0 Å². The zero-order chi connectivity index (χ0) is 39.5. The molecule has 0 saturated heterocycles. The minimum absolute atomic E-state index is 0. The summed E-state index contributed by atoms with van der Waals surface area (Å²) in [6.45, 7) is 8.50. The number of phenols is 1. The standard InChI is InChI=1S/C47H38N3O.Pt/c1-31-22-23-42(40(26-31)33-16-9-6-10-17-33)50-43-20-13-19-38(45(43)49-46(50)39-18-11-12-21-44(39)51)35-27-36(29-37(28-35)47(2,3)4)41-30-34(24-25-48-41)32-14-7-5-8-15-32;/h5-26,28-30,51H,1-4H3;/q-1;/i5D,7D,8D,14D,15D;. The summed E-state index contributed by atoms with van der Waals surface area (Å²) in [6.07, 6.45) is 1.59. The molecule has 0 fully saturated rings. The van der Waals surface area contributed by atoms with E-state index in [0.717, 1.165) is 50.1 Å². The van der Waals surface area contributed by atoms with E-state index in [1.54, 1.807) is 30.5 Å². The molecular formula is C47H38N3OPt-. The van der Waals surface area contributed by atoms with Crippen molar-refractivity contribution in [1.82, 2.24) is 14.5 Å². The number of benzene rings is 6. The van der Waals surface area contributed by atoms with Crippen LogP contribution in [0.1, 0.15) is 38.8 Å². The number of para-hydroxylation sites is 2. The molecule has 0 spiro atoms. The van der Waals surface area contributed by atoms with Crippen molar-refractivity contribution in [2.75, 3.05) is 0 Å². The van der Waals surface area contributed by atoms with Gasteiger partial charge in [0.2, 0.25) is 0 Å². The number of imidazole rings is 1. The Balaban J connectivity index is 0.00000496. The van der Waals surface area contributed by atoms with Crippen LogP contribution in [-0.4, -0.2) is 19.6 Å². The van der Waals surface area contributed by atoms with Crippen LogP contribution >= 0.6 is 0 Å². The quantitative estimate of drug-likeness (QED) is 0.170. The Morgan fingerprint density at radius 1 is 0.692 bits per heavy atom. The van der Waals surface area contributed by atoms with Gasteiger partial charge in [-0.3, -0.25) is 9.55 Å². The fraction of sp³-hybridized carbons (Fsp3) is 0.106. The second-order valence-electron chi connectivity index (χ2n) is 13.7. The molecule has 0 aliphatic carbocycles. The number of aryl methyl sites for hydroxylation is 1. The number of fused-ring (bicyclic) bond motifs is 1. The predicted molar refractivity (Wildman–Crippen MR) is 210 cm³/mol. The first-order chi connectivity index (χ1) is 26.8. The second kappa shape index (κ2) is 14.2. The Kier molecular flexibility index (Phi) is 7.94. The summed E-state index contributed by atoms with van der Waals surface area (Å²) in [6, 6.07) is 39.4. The molecule has 8 rings (SSSR count). The van der Waals surface area contributed by atoms with Crippen LogP contribution in [0.3, 0.4) is 0 Å². The third-order valence-corrected chi connectivity index (χ3v) is 9.16. The number of hydrogen-bond acceptors (Lipinski definition) is 3. The van der Waals surface area contributed by atoms with Gasteiger partial charge in [-0.1, -0.05) is 134 Å². The Morgan fingerprint density at radius 3 is 2.19 bits per heavy atom. The Morgan fingerprint density at radius 2 is 1.42 bits per heavy atom. The van der Waals surface area contributed by atoms with Gasteiger partial charge in [-0.15, -0.1) is 29.3 Å². The van der Waals surface area contributed by atoms with Gasteiger partial charge in [-0.2, -0.15) is 0 Å². The summed E-state index contributed by atoms with van der Waals surface area (Å²) in [5.74, 6) is 0.708. The number of aromatic nitrogens is 3. The number of rotatable bonds is 6. The summed E-state index contributed by atoms with van der Waals surface area (Å²) in [4.78, 5) is 10.0. The van der Waals surface area contributed by atoms with E-state index in [9.17, 15) is 5.11 Å². The molecule has 0 atom stereocenters. The van der Waals surface area contributed by atoms with Crippen molar-refractivity contribution in [1.29, 1.82) is 0 Å². The molecule has 1 N–H and O–H groups in total. The first-order valence-electron chi connectivity index (χ1n) is 19.4. The van der Waals surface area contributed by atoms with Crippen molar-refractivity contribution < 1.29 is 33.0 Å². The molecule has 2 aromatic heterocycles. The SMILES string of the molecule is [2H]c1c([2H])c([2H])c(-c2ccnc(-c3[c-]c(-c4cccc5c4nc(-c4ccccc4O)n5-c4ccc(C)cc4-c4ccccc4)cc(C(C)(C)C)c3)c2)c([2H])c1[2H].[Pt]. The van der Waals surface area contributed by atoms with Crippen molar-refractivity contribution in [3.05, 3.63) is 169 Å². The average Bonchev–Trinajstić information content (AvgIpc) is 3.59. The fourth-order valence-corrected chi connectivity index (χ4v) is 6.51. The van der Waals surface area contributed by atoms with E-state index in [1.165, 1.54) is 0 Å². The van der Waals surface area contributed by atoms with E-state index in [4.69, 9.17) is 16.8 Å². The topological polar surface area (TPSA) is 50.9 Å². The number of aromatic hydroxyl groups is 1. The third kappa shape index (κ3) is 6.63. The molecule has 52 heavy (non-hydrogen) atoms. The second-order valence-corrected chi connectivity index (χ2v) is 13.7. The van der Waals surface area contributed by atoms with Crippen molar-refractivity contribution in [3.8, 4) is 67.5 Å². The van der Waals surface area contributed by atoms with Gasteiger partial charge >= 0.3 is 0 Å². The Labute approximate surface area is 326 Å². The molecule has 0 amide bonds. The predicted octanol–water partition coefficient (Wildman–Crippen LogP) is 11.9. The maximum atomic E-state index is 11.2. The monoisotopic (exact) mass is 860 g/mol. The van der Waals surface area contributed by atoms with Crippen molar-refractivity contribution in [2.45, 2.75) is 33.1 Å². The van der Waals surface area contributed by atoms with Gasteiger partial charge in [-0.05, 0) is 65.4 Å². The summed E-state index contributed by atoms with van der Waals surface area (Å²) in [7, 11) is 0. The van der Waals surface area contributed by atoms with Crippen molar-refractivity contribution >= 4 is 11.0 Å². The van der Waals surface area contributed by atoms with Crippen LogP contribution in [-0.2, 0) is 26.5 Å². The number of phenolic OH excluding ortho intramolecular Hbond substituents is 1. The molecule has 0 radical (unpaired) electrons. The number of hydrogen-bond donors (Lipinski definition) is 1. The summed E-state index contributed by atoms with van der Waals surface area (Å²) < 4.78 is 43.9. The van der Waals surface area contributed by atoms with E-state index >= 15 is 0 Å². The number of pyridine rings is 1. The first-order valence-corrected chi connectivity index (χ1v) is 16.9. The van der Waals surface area contributed by atoms with Crippen LogP contribution in [0.25, 0.3) is 72.7 Å². The summed E-state index contributed by atoms with van der Waals surface area (Å²) >= 11 is 0. The molecule has 0 bridgehead atoms. The third-order valence-electron chi connectivity index (χ3n) is 9.16. The Bertz CT molecular complexity index is 2800. The average molecular weight is 861 g/mol.